The zero-order valence-electron chi connectivity index (χ0n) is 53.2. The number of aromatic nitrogens is 4. The van der Waals surface area contributed by atoms with Gasteiger partial charge >= 0.3 is 39.0 Å². The van der Waals surface area contributed by atoms with Crippen molar-refractivity contribution in [3.8, 4) is 0 Å². The summed E-state index contributed by atoms with van der Waals surface area (Å²) in [5, 5.41) is 0. The molecule has 0 amide bonds. The molecule has 0 saturated heterocycles. The van der Waals surface area contributed by atoms with Gasteiger partial charge in [-0.25, -0.2) is 0 Å². The average Bonchev–Trinajstić information content (AvgIpc) is 1.66. The summed E-state index contributed by atoms with van der Waals surface area (Å²) in [6.07, 6.45) is 23.6. The molecule has 0 N–H and O–H groups in total. The van der Waals surface area contributed by atoms with Crippen LogP contribution >= 0.6 is 0 Å². The van der Waals surface area contributed by atoms with Crippen molar-refractivity contribution in [2.75, 3.05) is 0 Å². The predicted molar refractivity (Wildman–Crippen MR) is 355 cm³/mol. The summed E-state index contributed by atoms with van der Waals surface area (Å²) in [5.41, 5.74) is 36.9. The molecule has 8 nitrogen and oxygen atoms in total. The van der Waals surface area contributed by atoms with Gasteiger partial charge in [-0.05, 0) is 235 Å². The molecular formula is C76H76N8Zn2. The van der Waals surface area contributed by atoms with Crippen LogP contribution in [-0.2, 0) is 39.0 Å². The number of aryl methyl sites for hydroxylation is 14. The second-order valence-corrected chi connectivity index (χ2v) is 22.6. The molecule has 10 heteroatoms. The van der Waals surface area contributed by atoms with E-state index in [-0.39, 0.29) is 39.0 Å². The van der Waals surface area contributed by atoms with E-state index >= 15 is 0 Å². The van der Waals surface area contributed by atoms with Crippen LogP contribution in [0.2, 0.25) is 0 Å². The van der Waals surface area contributed by atoms with E-state index in [0.29, 0.717) is 0 Å². The van der Waals surface area contributed by atoms with E-state index < -0.39 is 0 Å². The molecule has 4 aliphatic rings. The van der Waals surface area contributed by atoms with Gasteiger partial charge in [0, 0.05) is 23.9 Å². The van der Waals surface area contributed by atoms with Crippen LogP contribution in [0.5, 0.6) is 0 Å². The summed E-state index contributed by atoms with van der Waals surface area (Å²) >= 11 is 0. The summed E-state index contributed by atoms with van der Waals surface area (Å²) in [4.78, 5) is 36.7. The number of allylic oxidation sites excluding steroid dienone is 8. The zero-order chi connectivity index (χ0) is 59.9. The third-order valence-electron chi connectivity index (χ3n) is 15.1. The number of hydrogen-bond acceptors (Lipinski definition) is 4. The van der Waals surface area contributed by atoms with Crippen molar-refractivity contribution < 1.29 is 39.0 Å². The Hall–Kier alpha value is -8.15. The molecule has 4 aromatic carbocycles. The molecule has 86 heavy (non-hydrogen) atoms. The van der Waals surface area contributed by atoms with Gasteiger partial charge in [0.15, 0.2) is 0 Å². The van der Waals surface area contributed by atoms with Crippen LogP contribution in [0, 0.1) is 96.9 Å². The van der Waals surface area contributed by atoms with Crippen LogP contribution in [-0.4, -0.2) is 23.9 Å². The molecule has 12 rings (SSSR count). The molecule has 0 bridgehead atoms. The molecule has 0 radical (unpaired) electrons. The maximum absolute atomic E-state index is 4.70. The average molecular weight is 1230 g/mol. The van der Waals surface area contributed by atoms with Crippen molar-refractivity contribution in [2.24, 2.45) is 20.0 Å². The fourth-order valence-electron chi connectivity index (χ4n) is 12.1. The third-order valence-corrected chi connectivity index (χ3v) is 15.1. The first kappa shape index (κ1) is 65.4. The van der Waals surface area contributed by atoms with E-state index in [1.807, 2.05) is 101 Å². The third kappa shape index (κ3) is 15.1. The minimum atomic E-state index is 0. The van der Waals surface area contributed by atoms with Crippen LogP contribution in [0.1, 0.15) is 137 Å². The Bertz CT molecular complexity index is 3820. The quantitative estimate of drug-likeness (QED) is 0.141. The van der Waals surface area contributed by atoms with Gasteiger partial charge in [-0.1, -0.05) is 133 Å². The number of rotatable bonds is 8. The Kier molecular flexibility index (Phi) is 21.9. The molecule has 0 fully saturated rings. The van der Waals surface area contributed by atoms with E-state index in [1.54, 1.807) is 0 Å². The molecule has 0 unspecified atom stereocenters. The normalized spacial score (nSPS) is 15.7. The summed E-state index contributed by atoms with van der Waals surface area (Å²) in [7, 11) is 0. The molecule has 4 aliphatic heterocycles. The van der Waals surface area contributed by atoms with Crippen molar-refractivity contribution in [1.29, 1.82) is 0 Å². The van der Waals surface area contributed by atoms with Crippen LogP contribution in [0.3, 0.4) is 0 Å². The Labute approximate surface area is 536 Å². The van der Waals surface area contributed by atoms with Gasteiger partial charge in [-0.2, -0.15) is 23.8 Å². The molecule has 424 valence electrons. The second kappa shape index (κ2) is 28.8. The molecule has 4 aromatic heterocycles. The molecule has 8 heterocycles. The van der Waals surface area contributed by atoms with Gasteiger partial charge in [-0.3, -0.25) is 20.0 Å². The number of benzene rings is 4. The van der Waals surface area contributed by atoms with Crippen LogP contribution in [0.4, 0.5) is 0 Å². The fourth-order valence-corrected chi connectivity index (χ4v) is 12.1. The van der Waals surface area contributed by atoms with E-state index in [9.17, 15) is 0 Å². The first-order valence-corrected chi connectivity index (χ1v) is 28.8. The summed E-state index contributed by atoms with van der Waals surface area (Å²) in [6.45, 7) is 33.9. The second-order valence-electron chi connectivity index (χ2n) is 22.6. The molecular weight excluding hydrogens is 1160 g/mol. The van der Waals surface area contributed by atoms with E-state index in [1.165, 1.54) is 89.0 Å². The summed E-state index contributed by atoms with van der Waals surface area (Å²) in [6, 6.07) is 34.1. The van der Waals surface area contributed by atoms with Crippen molar-refractivity contribution >= 4 is 46.1 Å². The van der Waals surface area contributed by atoms with Crippen LogP contribution in [0.15, 0.2) is 201 Å². The Morgan fingerprint density at radius 3 is 0.814 bits per heavy atom. The van der Waals surface area contributed by atoms with Crippen LogP contribution in [0.25, 0.3) is 22.3 Å². The van der Waals surface area contributed by atoms with Crippen LogP contribution < -0.4 is 19.9 Å². The number of aliphatic imine (C=N–C) groups is 4. The fraction of sp³-hybridized carbons (Fsp3) is 0.211. The Morgan fingerprint density at radius 2 is 0.605 bits per heavy atom. The predicted octanol–water partition coefficient (Wildman–Crippen LogP) is 17.3. The topological polar surface area (TPSA) is 106 Å². The maximum atomic E-state index is 4.70. The number of nitrogens with zero attached hydrogens (tertiary/aromatic N) is 8. The van der Waals surface area contributed by atoms with Gasteiger partial charge in [0.05, 0.1) is 22.8 Å². The Morgan fingerprint density at radius 1 is 0.314 bits per heavy atom. The Balaban J connectivity index is 0.000000163. The SMILES string of the molecule is CC1=NC(=C(c2ccc(C)[n-]2)c2c(C)cc(C)cc2C)C=C1.CC1=NC(=C(c2ccc(C)[n-]2)c2c(C)cc(C)cc2C)C=C1.Cc1cc(C)c(C(=C2C=CC=N2)c2ccc[n-]2)c(C)c1.Cc1cc(C)c(C(=C2C=CC=N2)c2ccc[n-]2)c(C)c1.[Zn+2].[Zn+2]. The monoisotopic (exact) mass is 1230 g/mol. The van der Waals surface area contributed by atoms with Crippen molar-refractivity contribution in [2.45, 2.75) is 111 Å². The summed E-state index contributed by atoms with van der Waals surface area (Å²) < 4.78 is 0. The van der Waals surface area contributed by atoms with Gasteiger partial charge in [0.1, 0.15) is 0 Å². The standard InChI is InChI=1S/2C20H21N2.2C18H17N2.2Zn/c2*1-12-10-13(2)19(14(3)11-12)20(17-8-6-15(4)21-17)18-9-7-16(5)22-18;2*1-12-10-13(2)17(14(3)11-12)18(15-6-4-8-19-15)16-7-5-9-20-16;;/h2*6-11H,1-5H3;2*4-11H,1-3H3;;/q4*-1;2*+2. The van der Waals surface area contributed by atoms with E-state index in [0.717, 1.165) is 90.7 Å². The van der Waals surface area contributed by atoms with Gasteiger partial charge in [0.25, 0.3) is 0 Å². The molecule has 8 aromatic rings. The smallest absolute Gasteiger partial charge is 0.664 e. The number of hydrogen-bond donors (Lipinski definition) is 0. The summed E-state index contributed by atoms with van der Waals surface area (Å²) in [5.74, 6) is 0. The minimum Gasteiger partial charge on any atom is -0.664 e. The zero-order valence-corrected chi connectivity index (χ0v) is 59.1. The van der Waals surface area contributed by atoms with Crippen molar-refractivity contribution in [1.82, 2.24) is 19.9 Å². The van der Waals surface area contributed by atoms with Crippen molar-refractivity contribution in [3.05, 3.63) is 304 Å². The van der Waals surface area contributed by atoms with Gasteiger partial charge in [-0.15, -0.1) is 22.8 Å². The van der Waals surface area contributed by atoms with Crippen molar-refractivity contribution in [3.63, 3.8) is 0 Å². The minimum absolute atomic E-state index is 0. The molecule has 0 atom stereocenters. The largest absolute Gasteiger partial charge is 2.00 e. The maximum Gasteiger partial charge on any atom is 2.00 e. The van der Waals surface area contributed by atoms with E-state index in [4.69, 9.17) is 20.0 Å². The van der Waals surface area contributed by atoms with E-state index in [2.05, 4.69) is 200 Å². The van der Waals surface area contributed by atoms with Gasteiger partial charge in [0.2, 0.25) is 0 Å². The van der Waals surface area contributed by atoms with Gasteiger partial charge < -0.3 is 19.9 Å². The molecule has 0 spiro atoms. The first-order chi connectivity index (χ1) is 40.2. The molecule has 0 aliphatic carbocycles. The molecule has 0 saturated carbocycles. The first-order valence-electron chi connectivity index (χ1n) is 28.8.